The predicted octanol–water partition coefficient (Wildman–Crippen LogP) is 2.13. The summed E-state index contributed by atoms with van der Waals surface area (Å²) >= 11 is 0. The number of nitriles is 1. The van der Waals surface area contributed by atoms with Crippen molar-refractivity contribution in [1.29, 1.82) is 5.26 Å². The summed E-state index contributed by atoms with van der Waals surface area (Å²) in [7, 11) is 0. The van der Waals surface area contributed by atoms with Gasteiger partial charge >= 0.3 is 6.03 Å². The quantitative estimate of drug-likeness (QED) is 0.865. The molecule has 1 aromatic rings. The maximum atomic E-state index is 11.9. The van der Waals surface area contributed by atoms with Crippen LogP contribution in [0.4, 0.5) is 4.79 Å². The summed E-state index contributed by atoms with van der Waals surface area (Å²) in [6, 6.07) is 12.1. The number of benzene rings is 1. The van der Waals surface area contributed by atoms with E-state index in [1.807, 2.05) is 30.3 Å². The van der Waals surface area contributed by atoms with Gasteiger partial charge in [0.15, 0.2) is 0 Å². The first kappa shape index (κ1) is 12.4. The Balaban J connectivity index is 1.78. The van der Waals surface area contributed by atoms with E-state index in [4.69, 9.17) is 5.26 Å². The zero-order chi connectivity index (χ0) is 12.8. The van der Waals surface area contributed by atoms with Crippen molar-refractivity contribution in [3.05, 3.63) is 35.9 Å². The van der Waals surface area contributed by atoms with Crippen molar-refractivity contribution < 1.29 is 4.79 Å². The first-order valence-electron chi connectivity index (χ1n) is 6.26. The number of piperidine rings is 1. The van der Waals surface area contributed by atoms with E-state index in [1.54, 1.807) is 4.90 Å². The van der Waals surface area contributed by atoms with Crippen LogP contribution in [0.15, 0.2) is 30.3 Å². The second-order valence-corrected chi connectivity index (χ2v) is 4.53. The van der Waals surface area contributed by atoms with Crippen LogP contribution in [-0.2, 0) is 6.54 Å². The number of carbonyl (C=O) groups is 1. The molecule has 1 fully saturated rings. The molecule has 4 heteroatoms. The van der Waals surface area contributed by atoms with Gasteiger partial charge in [0.25, 0.3) is 0 Å². The van der Waals surface area contributed by atoms with E-state index >= 15 is 0 Å². The molecule has 0 spiro atoms. The molecule has 0 unspecified atom stereocenters. The van der Waals surface area contributed by atoms with Crippen LogP contribution in [-0.4, -0.2) is 24.0 Å². The summed E-state index contributed by atoms with van der Waals surface area (Å²) in [5, 5.41) is 11.7. The summed E-state index contributed by atoms with van der Waals surface area (Å²) in [4.78, 5) is 13.7. The Labute approximate surface area is 107 Å². The molecule has 2 rings (SSSR count). The summed E-state index contributed by atoms with van der Waals surface area (Å²) in [6.45, 7) is 1.91. The minimum atomic E-state index is -0.0322. The predicted molar refractivity (Wildman–Crippen MR) is 68.6 cm³/mol. The van der Waals surface area contributed by atoms with E-state index in [1.165, 1.54) is 0 Å². The molecule has 0 saturated carbocycles. The van der Waals surface area contributed by atoms with E-state index in [0.29, 0.717) is 19.6 Å². The topological polar surface area (TPSA) is 56.1 Å². The molecule has 1 aliphatic rings. The summed E-state index contributed by atoms with van der Waals surface area (Å²) in [5.41, 5.74) is 1.10. The third-order valence-electron chi connectivity index (χ3n) is 3.25. The van der Waals surface area contributed by atoms with Crippen LogP contribution >= 0.6 is 0 Å². The van der Waals surface area contributed by atoms with Gasteiger partial charge in [-0.15, -0.1) is 0 Å². The molecule has 4 nitrogen and oxygen atoms in total. The first-order valence-corrected chi connectivity index (χ1v) is 6.26. The summed E-state index contributed by atoms with van der Waals surface area (Å²) < 4.78 is 0. The van der Waals surface area contributed by atoms with E-state index in [-0.39, 0.29) is 11.9 Å². The van der Waals surface area contributed by atoms with E-state index in [9.17, 15) is 4.79 Å². The lowest BCUT2D eigenvalue weighted by atomic mass is 9.99. The molecule has 0 aromatic heterocycles. The van der Waals surface area contributed by atoms with Crippen molar-refractivity contribution in [2.75, 3.05) is 13.1 Å². The van der Waals surface area contributed by atoms with Crippen molar-refractivity contribution in [2.45, 2.75) is 19.4 Å². The highest BCUT2D eigenvalue weighted by Gasteiger charge is 2.21. The third kappa shape index (κ3) is 3.24. The molecule has 0 atom stereocenters. The summed E-state index contributed by atoms with van der Waals surface area (Å²) in [5.74, 6) is 0.114. The van der Waals surface area contributed by atoms with Crippen LogP contribution in [0.3, 0.4) is 0 Å². The minimum absolute atomic E-state index is 0.0322. The monoisotopic (exact) mass is 243 g/mol. The fourth-order valence-corrected chi connectivity index (χ4v) is 2.10. The molecule has 1 saturated heterocycles. The number of likely N-dealkylation sites (tertiary alicyclic amines) is 1. The van der Waals surface area contributed by atoms with Crippen molar-refractivity contribution in [1.82, 2.24) is 10.2 Å². The minimum Gasteiger partial charge on any atom is -0.334 e. The van der Waals surface area contributed by atoms with Crippen LogP contribution in [0.1, 0.15) is 18.4 Å². The van der Waals surface area contributed by atoms with Crippen molar-refractivity contribution in [3.63, 3.8) is 0 Å². The van der Waals surface area contributed by atoms with Gasteiger partial charge in [0.1, 0.15) is 0 Å². The standard InChI is InChI=1S/C14H17N3O/c15-10-12-6-8-17(9-7-12)14(18)16-11-13-4-2-1-3-5-13/h1-5,12H,6-9,11H2,(H,16,18). The Morgan fingerprint density at radius 3 is 2.61 bits per heavy atom. The number of amides is 2. The van der Waals surface area contributed by atoms with Gasteiger partial charge in [-0.1, -0.05) is 30.3 Å². The van der Waals surface area contributed by atoms with Gasteiger partial charge in [-0.25, -0.2) is 4.79 Å². The molecule has 1 aromatic carbocycles. The van der Waals surface area contributed by atoms with Gasteiger partial charge in [-0.3, -0.25) is 0 Å². The third-order valence-corrected chi connectivity index (χ3v) is 3.25. The summed E-state index contributed by atoms with van der Waals surface area (Å²) in [6.07, 6.45) is 1.57. The second kappa shape index (κ2) is 6.06. The van der Waals surface area contributed by atoms with Crippen LogP contribution in [0.5, 0.6) is 0 Å². The average molecular weight is 243 g/mol. The number of carbonyl (C=O) groups excluding carboxylic acids is 1. The molecule has 0 aliphatic carbocycles. The van der Waals surface area contributed by atoms with E-state index < -0.39 is 0 Å². The van der Waals surface area contributed by atoms with E-state index in [0.717, 1.165) is 18.4 Å². The number of rotatable bonds is 2. The Bertz CT molecular complexity index is 430. The molecule has 0 radical (unpaired) electrons. The molecule has 1 heterocycles. The maximum absolute atomic E-state index is 11.9. The number of nitrogens with zero attached hydrogens (tertiary/aromatic N) is 2. The molecule has 94 valence electrons. The largest absolute Gasteiger partial charge is 0.334 e. The fourth-order valence-electron chi connectivity index (χ4n) is 2.10. The van der Waals surface area contributed by atoms with Crippen molar-refractivity contribution in [2.24, 2.45) is 5.92 Å². The van der Waals surface area contributed by atoms with Gasteiger partial charge in [0.05, 0.1) is 6.07 Å². The number of nitrogens with one attached hydrogen (secondary N) is 1. The molecular weight excluding hydrogens is 226 g/mol. The average Bonchev–Trinajstić information content (AvgIpc) is 2.46. The second-order valence-electron chi connectivity index (χ2n) is 4.53. The normalized spacial score (nSPS) is 16.1. The zero-order valence-corrected chi connectivity index (χ0v) is 10.3. The first-order chi connectivity index (χ1) is 8.79. The Morgan fingerprint density at radius 2 is 2.00 bits per heavy atom. The molecule has 1 N–H and O–H groups in total. The van der Waals surface area contributed by atoms with Gasteiger partial charge in [-0.2, -0.15) is 5.26 Å². The molecule has 2 amide bonds. The fraction of sp³-hybridized carbons (Fsp3) is 0.429. The smallest absolute Gasteiger partial charge is 0.317 e. The molecular formula is C14H17N3O. The highest BCUT2D eigenvalue weighted by Crippen LogP contribution is 2.15. The Morgan fingerprint density at radius 1 is 1.33 bits per heavy atom. The van der Waals surface area contributed by atoms with E-state index in [2.05, 4.69) is 11.4 Å². The van der Waals surface area contributed by atoms with Gasteiger partial charge in [0, 0.05) is 25.6 Å². The SMILES string of the molecule is N#CC1CCN(C(=O)NCc2ccccc2)CC1. The Hall–Kier alpha value is -2.02. The van der Waals surface area contributed by atoms with Crippen LogP contribution in [0, 0.1) is 17.2 Å². The Kier molecular flexibility index (Phi) is 4.19. The van der Waals surface area contributed by atoms with Crippen molar-refractivity contribution in [3.8, 4) is 6.07 Å². The molecule has 1 aliphatic heterocycles. The van der Waals surface area contributed by atoms with Crippen molar-refractivity contribution >= 4 is 6.03 Å². The zero-order valence-electron chi connectivity index (χ0n) is 10.3. The number of hydrogen-bond donors (Lipinski definition) is 1. The lowest BCUT2D eigenvalue weighted by Crippen LogP contribution is -2.44. The van der Waals surface area contributed by atoms with Gasteiger partial charge < -0.3 is 10.2 Å². The van der Waals surface area contributed by atoms with Crippen LogP contribution in [0.25, 0.3) is 0 Å². The van der Waals surface area contributed by atoms with Gasteiger partial charge in [-0.05, 0) is 18.4 Å². The van der Waals surface area contributed by atoms with Crippen LogP contribution < -0.4 is 5.32 Å². The maximum Gasteiger partial charge on any atom is 0.317 e. The number of hydrogen-bond acceptors (Lipinski definition) is 2. The van der Waals surface area contributed by atoms with Gasteiger partial charge in [0.2, 0.25) is 0 Å². The molecule has 18 heavy (non-hydrogen) atoms. The lowest BCUT2D eigenvalue weighted by Gasteiger charge is -2.29. The molecule has 0 bridgehead atoms. The highest BCUT2D eigenvalue weighted by atomic mass is 16.2. The number of urea groups is 1. The van der Waals surface area contributed by atoms with Crippen LogP contribution in [0.2, 0.25) is 0 Å². The lowest BCUT2D eigenvalue weighted by molar-refractivity contribution is 0.178. The highest BCUT2D eigenvalue weighted by molar-refractivity contribution is 5.74.